The summed E-state index contributed by atoms with van der Waals surface area (Å²) in [6.45, 7) is 1.33. The van der Waals surface area contributed by atoms with E-state index in [9.17, 15) is 9.90 Å². The molecule has 0 bridgehead atoms. The highest BCUT2D eigenvalue weighted by Gasteiger charge is 2.28. The Morgan fingerprint density at radius 2 is 1.78 bits per heavy atom. The standard InChI is InChI=1S/C17H24N2O4/c20-16(18-12-17(21)7-3-1-2-4-8-17)19-13-5-6-14-15(11-13)23-10-9-22-14/h5-6,11,21H,1-4,7-10,12H2,(H2,18,19,20). The molecule has 0 atom stereocenters. The van der Waals surface area contributed by atoms with Crippen molar-refractivity contribution in [1.29, 1.82) is 0 Å². The van der Waals surface area contributed by atoms with Crippen LogP contribution in [0.15, 0.2) is 18.2 Å². The van der Waals surface area contributed by atoms with Crippen molar-refractivity contribution in [3.63, 3.8) is 0 Å². The van der Waals surface area contributed by atoms with Crippen LogP contribution in [0, 0.1) is 0 Å². The van der Waals surface area contributed by atoms with Gasteiger partial charge in [0.1, 0.15) is 13.2 Å². The summed E-state index contributed by atoms with van der Waals surface area (Å²) in [4.78, 5) is 12.0. The fourth-order valence-electron chi connectivity index (χ4n) is 3.10. The number of benzene rings is 1. The Morgan fingerprint density at radius 1 is 1.09 bits per heavy atom. The molecule has 1 aromatic rings. The number of carbonyl (C=O) groups is 1. The van der Waals surface area contributed by atoms with Crippen molar-refractivity contribution in [2.24, 2.45) is 0 Å². The first kappa shape index (κ1) is 15.9. The molecule has 0 spiro atoms. The highest BCUT2D eigenvalue weighted by atomic mass is 16.6. The van der Waals surface area contributed by atoms with Gasteiger partial charge in [0.25, 0.3) is 0 Å². The molecule has 2 aliphatic rings. The van der Waals surface area contributed by atoms with Gasteiger partial charge in [-0.05, 0) is 25.0 Å². The van der Waals surface area contributed by atoms with Crippen LogP contribution in [-0.2, 0) is 0 Å². The van der Waals surface area contributed by atoms with E-state index in [1.54, 1.807) is 18.2 Å². The van der Waals surface area contributed by atoms with Crippen LogP contribution < -0.4 is 20.1 Å². The Hall–Kier alpha value is -1.95. The first-order chi connectivity index (χ1) is 11.1. The highest BCUT2D eigenvalue weighted by Crippen LogP contribution is 2.32. The van der Waals surface area contributed by atoms with Gasteiger partial charge in [0, 0.05) is 18.3 Å². The number of amides is 2. The third-order valence-electron chi connectivity index (χ3n) is 4.41. The van der Waals surface area contributed by atoms with Crippen LogP contribution in [0.3, 0.4) is 0 Å². The van der Waals surface area contributed by atoms with Gasteiger partial charge < -0.3 is 25.2 Å². The quantitative estimate of drug-likeness (QED) is 0.748. The maximum absolute atomic E-state index is 12.0. The minimum atomic E-state index is -0.777. The lowest BCUT2D eigenvalue weighted by atomic mass is 9.95. The molecule has 23 heavy (non-hydrogen) atoms. The van der Waals surface area contributed by atoms with Crippen LogP contribution in [0.1, 0.15) is 38.5 Å². The SMILES string of the molecule is O=C(NCC1(O)CCCCCC1)Nc1ccc2c(c1)OCCO2. The fraction of sp³-hybridized carbons (Fsp3) is 0.588. The maximum Gasteiger partial charge on any atom is 0.319 e. The van der Waals surface area contributed by atoms with Crippen molar-refractivity contribution >= 4 is 11.7 Å². The van der Waals surface area contributed by atoms with E-state index in [-0.39, 0.29) is 12.6 Å². The molecule has 0 unspecified atom stereocenters. The van der Waals surface area contributed by atoms with E-state index in [0.717, 1.165) is 38.5 Å². The van der Waals surface area contributed by atoms with E-state index < -0.39 is 5.60 Å². The van der Waals surface area contributed by atoms with Crippen molar-refractivity contribution in [2.75, 3.05) is 25.1 Å². The summed E-state index contributed by atoms with van der Waals surface area (Å²) in [5, 5.41) is 16.1. The average Bonchev–Trinajstić information content (AvgIpc) is 2.78. The Bertz CT molecular complexity index is 554. The first-order valence-corrected chi connectivity index (χ1v) is 8.32. The van der Waals surface area contributed by atoms with Crippen molar-refractivity contribution in [3.05, 3.63) is 18.2 Å². The second kappa shape index (κ2) is 7.08. The van der Waals surface area contributed by atoms with Crippen LogP contribution in [0.25, 0.3) is 0 Å². The van der Waals surface area contributed by atoms with E-state index in [2.05, 4.69) is 10.6 Å². The van der Waals surface area contributed by atoms with Crippen LogP contribution in [0.2, 0.25) is 0 Å². The third-order valence-corrected chi connectivity index (χ3v) is 4.41. The zero-order valence-electron chi connectivity index (χ0n) is 13.3. The van der Waals surface area contributed by atoms with Crippen molar-refractivity contribution in [3.8, 4) is 11.5 Å². The number of carbonyl (C=O) groups excluding carboxylic acids is 1. The molecular formula is C17H24N2O4. The van der Waals surface area contributed by atoms with Crippen LogP contribution in [-0.4, -0.2) is 36.5 Å². The molecule has 0 saturated heterocycles. The van der Waals surface area contributed by atoms with E-state index in [0.29, 0.717) is 30.4 Å². The maximum atomic E-state index is 12.0. The molecule has 3 N–H and O–H groups in total. The van der Waals surface area contributed by atoms with E-state index in [4.69, 9.17) is 9.47 Å². The monoisotopic (exact) mass is 320 g/mol. The molecule has 6 heteroatoms. The minimum absolute atomic E-state index is 0.281. The number of ether oxygens (including phenoxy) is 2. The van der Waals surface area contributed by atoms with Crippen LogP contribution in [0.4, 0.5) is 10.5 Å². The summed E-state index contributed by atoms with van der Waals surface area (Å²) in [6.07, 6.45) is 5.84. The summed E-state index contributed by atoms with van der Waals surface area (Å²) in [5.41, 5.74) is -0.139. The topological polar surface area (TPSA) is 79.8 Å². The van der Waals surface area contributed by atoms with Gasteiger partial charge in [-0.3, -0.25) is 0 Å². The van der Waals surface area contributed by atoms with Gasteiger partial charge in [0.2, 0.25) is 0 Å². The van der Waals surface area contributed by atoms with Gasteiger partial charge in [0.15, 0.2) is 11.5 Å². The lowest BCUT2D eigenvalue weighted by Gasteiger charge is -2.26. The van der Waals surface area contributed by atoms with E-state index in [1.165, 1.54) is 0 Å². The third kappa shape index (κ3) is 4.28. The lowest BCUT2D eigenvalue weighted by Crippen LogP contribution is -2.44. The molecule has 1 aliphatic carbocycles. The molecule has 0 aromatic heterocycles. The Labute approximate surface area is 136 Å². The summed E-state index contributed by atoms with van der Waals surface area (Å²) >= 11 is 0. The van der Waals surface area contributed by atoms with E-state index in [1.807, 2.05) is 0 Å². The number of anilines is 1. The largest absolute Gasteiger partial charge is 0.486 e. The number of aliphatic hydroxyl groups is 1. The van der Waals surface area contributed by atoms with Crippen molar-refractivity contribution in [1.82, 2.24) is 5.32 Å². The molecule has 2 amide bonds. The van der Waals surface area contributed by atoms with Crippen LogP contribution >= 0.6 is 0 Å². The van der Waals surface area contributed by atoms with Gasteiger partial charge in [-0.15, -0.1) is 0 Å². The zero-order chi connectivity index (χ0) is 16.1. The molecule has 1 heterocycles. The molecule has 1 aromatic carbocycles. The minimum Gasteiger partial charge on any atom is -0.486 e. The molecule has 126 valence electrons. The normalized spacial score (nSPS) is 19.5. The molecule has 1 saturated carbocycles. The predicted molar refractivity (Wildman–Crippen MR) is 87.1 cm³/mol. The second-order valence-corrected chi connectivity index (χ2v) is 6.30. The molecule has 0 radical (unpaired) electrons. The molecule has 1 fully saturated rings. The highest BCUT2D eigenvalue weighted by molar-refractivity contribution is 5.89. The zero-order valence-corrected chi connectivity index (χ0v) is 13.3. The van der Waals surface area contributed by atoms with Crippen molar-refractivity contribution in [2.45, 2.75) is 44.1 Å². The van der Waals surface area contributed by atoms with Gasteiger partial charge in [0.05, 0.1) is 5.60 Å². The van der Waals surface area contributed by atoms with Gasteiger partial charge >= 0.3 is 6.03 Å². The number of nitrogens with one attached hydrogen (secondary N) is 2. The van der Waals surface area contributed by atoms with Crippen LogP contribution in [0.5, 0.6) is 11.5 Å². The molecule has 6 nitrogen and oxygen atoms in total. The summed E-state index contributed by atoms with van der Waals surface area (Å²) in [5.74, 6) is 1.33. The number of hydrogen-bond acceptors (Lipinski definition) is 4. The Kier molecular flexibility index (Phi) is 4.91. The summed E-state index contributed by atoms with van der Waals surface area (Å²) in [6, 6.07) is 4.98. The van der Waals surface area contributed by atoms with Gasteiger partial charge in [-0.1, -0.05) is 25.7 Å². The number of rotatable bonds is 3. The smallest absolute Gasteiger partial charge is 0.319 e. The number of hydrogen-bond donors (Lipinski definition) is 3. The predicted octanol–water partition coefficient (Wildman–Crippen LogP) is 2.66. The number of urea groups is 1. The first-order valence-electron chi connectivity index (χ1n) is 8.32. The fourth-order valence-corrected chi connectivity index (χ4v) is 3.10. The number of fused-ring (bicyclic) bond motifs is 1. The van der Waals surface area contributed by atoms with E-state index >= 15 is 0 Å². The Morgan fingerprint density at radius 3 is 2.52 bits per heavy atom. The molecule has 1 aliphatic heterocycles. The molecule has 3 rings (SSSR count). The molecular weight excluding hydrogens is 296 g/mol. The summed E-state index contributed by atoms with van der Waals surface area (Å²) < 4.78 is 10.9. The van der Waals surface area contributed by atoms with Crippen molar-refractivity contribution < 1.29 is 19.4 Å². The van der Waals surface area contributed by atoms with Gasteiger partial charge in [-0.2, -0.15) is 0 Å². The second-order valence-electron chi connectivity index (χ2n) is 6.30. The summed E-state index contributed by atoms with van der Waals surface area (Å²) in [7, 11) is 0. The van der Waals surface area contributed by atoms with Gasteiger partial charge in [-0.25, -0.2) is 4.79 Å². The lowest BCUT2D eigenvalue weighted by molar-refractivity contribution is 0.0281. The average molecular weight is 320 g/mol. The Balaban J connectivity index is 1.53.